The molecule has 0 aliphatic rings. The average molecular weight is 346 g/mol. The van der Waals surface area contributed by atoms with Crippen molar-refractivity contribution in [1.29, 1.82) is 0 Å². The molecule has 0 heterocycles. The first-order valence-corrected chi connectivity index (χ1v) is 7.86. The molecule has 0 unspecified atom stereocenters. The molecule has 0 spiro atoms. The fraction of sp³-hybridized carbons (Fsp3) is 0.278. The highest BCUT2D eigenvalue weighted by atomic mass is 32.1. The molecule has 6 heteroatoms. The van der Waals surface area contributed by atoms with Gasteiger partial charge in [-0.1, -0.05) is 18.2 Å². The normalized spacial score (nSPS) is 10.0. The van der Waals surface area contributed by atoms with E-state index in [1.807, 2.05) is 54.4 Å². The third-order valence-electron chi connectivity index (χ3n) is 3.56. The highest BCUT2D eigenvalue weighted by molar-refractivity contribution is 7.80. The molecule has 0 radical (unpaired) electrons. The van der Waals surface area contributed by atoms with Gasteiger partial charge in [-0.2, -0.15) is 0 Å². The van der Waals surface area contributed by atoms with E-state index in [-0.39, 0.29) is 0 Å². The number of rotatable bonds is 6. The molecule has 128 valence electrons. The second kappa shape index (κ2) is 8.40. The summed E-state index contributed by atoms with van der Waals surface area (Å²) >= 11 is 5.48. The van der Waals surface area contributed by atoms with Gasteiger partial charge in [-0.3, -0.25) is 0 Å². The van der Waals surface area contributed by atoms with Crippen molar-refractivity contribution in [3.05, 3.63) is 48.0 Å². The first-order valence-electron chi connectivity index (χ1n) is 7.45. The van der Waals surface area contributed by atoms with Gasteiger partial charge >= 0.3 is 0 Å². The average Bonchev–Trinajstić information content (AvgIpc) is 2.61. The number of benzene rings is 2. The quantitative estimate of drug-likeness (QED) is 0.807. The zero-order valence-electron chi connectivity index (χ0n) is 14.3. The van der Waals surface area contributed by atoms with Crippen LogP contribution in [0.3, 0.4) is 0 Å². The van der Waals surface area contributed by atoms with E-state index in [9.17, 15) is 0 Å². The second-order valence-electron chi connectivity index (χ2n) is 5.17. The van der Waals surface area contributed by atoms with Crippen molar-refractivity contribution < 1.29 is 14.2 Å². The fourth-order valence-corrected chi connectivity index (χ4v) is 2.51. The molecule has 0 aliphatic carbocycles. The first kappa shape index (κ1) is 17.9. The predicted molar refractivity (Wildman–Crippen MR) is 100 cm³/mol. The predicted octanol–water partition coefficient (Wildman–Crippen LogP) is 3.54. The van der Waals surface area contributed by atoms with Gasteiger partial charge in [-0.25, -0.2) is 0 Å². The van der Waals surface area contributed by atoms with Gasteiger partial charge in [0.25, 0.3) is 0 Å². The molecule has 0 atom stereocenters. The Morgan fingerprint density at radius 3 is 2.46 bits per heavy atom. The summed E-state index contributed by atoms with van der Waals surface area (Å²) in [4.78, 5) is 1.94. The van der Waals surface area contributed by atoms with Crippen LogP contribution in [0.1, 0.15) is 5.56 Å². The van der Waals surface area contributed by atoms with Crippen molar-refractivity contribution >= 4 is 23.0 Å². The van der Waals surface area contributed by atoms with Gasteiger partial charge in [0.1, 0.15) is 5.75 Å². The van der Waals surface area contributed by atoms with E-state index in [4.69, 9.17) is 26.4 Å². The van der Waals surface area contributed by atoms with Gasteiger partial charge in [0.15, 0.2) is 16.6 Å². The maximum atomic E-state index is 5.48. The summed E-state index contributed by atoms with van der Waals surface area (Å²) in [5.41, 5.74) is 1.87. The van der Waals surface area contributed by atoms with Crippen LogP contribution in [0.15, 0.2) is 42.5 Å². The van der Waals surface area contributed by atoms with Crippen LogP contribution in [-0.2, 0) is 6.54 Å². The van der Waals surface area contributed by atoms with E-state index in [1.165, 1.54) is 0 Å². The monoisotopic (exact) mass is 346 g/mol. The smallest absolute Gasteiger partial charge is 0.173 e. The Morgan fingerprint density at radius 2 is 1.79 bits per heavy atom. The summed E-state index contributed by atoms with van der Waals surface area (Å²) in [5, 5.41) is 3.81. The highest BCUT2D eigenvalue weighted by Gasteiger charge is 2.13. The molecule has 0 saturated carbocycles. The number of methoxy groups -OCH3 is 3. The molecule has 0 fully saturated rings. The molecule has 0 aromatic heterocycles. The SMILES string of the molecule is COc1cccc(NC(=S)N(C)Cc2cccc(OC)c2OC)c1. The minimum absolute atomic E-state index is 0.593. The maximum absolute atomic E-state index is 5.48. The van der Waals surface area contributed by atoms with Crippen LogP contribution in [0.5, 0.6) is 17.2 Å². The number of hydrogen-bond donors (Lipinski definition) is 1. The fourth-order valence-electron chi connectivity index (χ4n) is 2.33. The lowest BCUT2D eigenvalue weighted by Crippen LogP contribution is -2.30. The number of hydrogen-bond acceptors (Lipinski definition) is 4. The van der Waals surface area contributed by atoms with E-state index in [0.29, 0.717) is 17.4 Å². The van der Waals surface area contributed by atoms with Crippen molar-refractivity contribution in [2.24, 2.45) is 0 Å². The van der Waals surface area contributed by atoms with Crippen molar-refractivity contribution in [2.75, 3.05) is 33.7 Å². The van der Waals surface area contributed by atoms with Gasteiger partial charge in [0.05, 0.1) is 21.3 Å². The molecule has 5 nitrogen and oxygen atoms in total. The van der Waals surface area contributed by atoms with Crippen molar-refractivity contribution in [2.45, 2.75) is 6.54 Å². The van der Waals surface area contributed by atoms with Crippen LogP contribution in [-0.4, -0.2) is 38.4 Å². The van der Waals surface area contributed by atoms with E-state index in [2.05, 4.69) is 5.32 Å². The van der Waals surface area contributed by atoms with Gasteiger partial charge < -0.3 is 24.4 Å². The number of nitrogens with one attached hydrogen (secondary N) is 1. The third kappa shape index (κ3) is 4.29. The lowest BCUT2D eigenvalue weighted by atomic mass is 10.1. The van der Waals surface area contributed by atoms with Crippen LogP contribution in [0.25, 0.3) is 0 Å². The van der Waals surface area contributed by atoms with Crippen molar-refractivity contribution in [3.63, 3.8) is 0 Å². The minimum atomic E-state index is 0.593. The molecular formula is C18H22N2O3S. The Balaban J connectivity index is 2.09. The summed E-state index contributed by atoms with van der Waals surface area (Å²) in [6, 6.07) is 13.4. The molecule has 2 rings (SSSR count). The zero-order chi connectivity index (χ0) is 17.5. The topological polar surface area (TPSA) is 43.0 Å². The lowest BCUT2D eigenvalue weighted by Gasteiger charge is -2.23. The van der Waals surface area contributed by atoms with Crippen LogP contribution >= 0.6 is 12.2 Å². The summed E-state index contributed by atoms with van der Waals surface area (Å²) in [5.74, 6) is 2.20. The molecular weight excluding hydrogens is 324 g/mol. The molecule has 24 heavy (non-hydrogen) atoms. The second-order valence-corrected chi connectivity index (χ2v) is 5.56. The summed E-state index contributed by atoms with van der Waals surface area (Å²) in [6.07, 6.45) is 0. The van der Waals surface area contributed by atoms with Crippen molar-refractivity contribution in [3.8, 4) is 17.2 Å². The first-order chi connectivity index (χ1) is 11.6. The van der Waals surface area contributed by atoms with Crippen LogP contribution < -0.4 is 19.5 Å². The Morgan fingerprint density at radius 1 is 1.04 bits per heavy atom. The van der Waals surface area contributed by atoms with Crippen molar-refractivity contribution in [1.82, 2.24) is 4.90 Å². The third-order valence-corrected chi connectivity index (χ3v) is 3.97. The molecule has 2 aromatic rings. The highest BCUT2D eigenvalue weighted by Crippen LogP contribution is 2.31. The number of nitrogens with zero attached hydrogens (tertiary/aromatic N) is 1. The van der Waals surface area contributed by atoms with Gasteiger partial charge in [0.2, 0.25) is 0 Å². The van der Waals surface area contributed by atoms with E-state index in [0.717, 1.165) is 22.7 Å². The van der Waals surface area contributed by atoms with Gasteiger partial charge in [-0.15, -0.1) is 0 Å². The van der Waals surface area contributed by atoms with Crippen LogP contribution in [0, 0.1) is 0 Å². The van der Waals surface area contributed by atoms with E-state index >= 15 is 0 Å². The summed E-state index contributed by atoms with van der Waals surface area (Å²) in [7, 11) is 6.82. The number of ether oxygens (including phenoxy) is 3. The number of thiocarbonyl (C=S) groups is 1. The Bertz CT molecular complexity index is 706. The largest absolute Gasteiger partial charge is 0.497 e. The Labute approximate surface area is 148 Å². The lowest BCUT2D eigenvalue weighted by molar-refractivity contribution is 0.347. The molecule has 1 N–H and O–H groups in total. The summed E-state index contributed by atoms with van der Waals surface area (Å²) < 4.78 is 16.0. The maximum Gasteiger partial charge on any atom is 0.173 e. The molecule has 0 amide bonds. The molecule has 2 aromatic carbocycles. The molecule has 0 aliphatic heterocycles. The van der Waals surface area contributed by atoms with Crippen LogP contribution in [0.2, 0.25) is 0 Å². The minimum Gasteiger partial charge on any atom is -0.497 e. The Hall–Kier alpha value is -2.47. The standard InChI is InChI=1S/C18H22N2O3S/c1-20(12-13-7-5-10-16(22-3)17(13)23-4)18(24)19-14-8-6-9-15(11-14)21-2/h5-11H,12H2,1-4H3,(H,19,24). The van der Waals surface area contributed by atoms with Gasteiger partial charge in [0, 0.05) is 30.9 Å². The van der Waals surface area contributed by atoms with E-state index < -0.39 is 0 Å². The zero-order valence-corrected chi connectivity index (χ0v) is 15.1. The van der Waals surface area contributed by atoms with Gasteiger partial charge in [-0.05, 0) is 30.4 Å². The molecule has 0 saturated heterocycles. The molecule has 0 bridgehead atoms. The Kier molecular flexibility index (Phi) is 6.26. The number of para-hydroxylation sites is 1. The van der Waals surface area contributed by atoms with Crippen LogP contribution in [0.4, 0.5) is 5.69 Å². The number of anilines is 1. The summed E-state index contributed by atoms with van der Waals surface area (Å²) in [6.45, 7) is 0.593. The van der Waals surface area contributed by atoms with E-state index in [1.54, 1.807) is 21.3 Å².